The number of H-pyrrole nitrogens is 1. The van der Waals surface area contributed by atoms with Gasteiger partial charge in [-0.15, -0.1) is 0 Å². The zero-order valence-electron chi connectivity index (χ0n) is 34.9. The number of carbonyl (C=O) groups is 2. The zero-order chi connectivity index (χ0) is 42.4. The summed E-state index contributed by atoms with van der Waals surface area (Å²) in [5.41, 5.74) is 4.22. The van der Waals surface area contributed by atoms with Crippen molar-refractivity contribution in [1.29, 1.82) is 0 Å². The molecule has 2 fully saturated rings. The lowest BCUT2D eigenvalue weighted by atomic mass is 9.84. The Morgan fingerprint density at radius 3 is 1.64 bits per heavy atom. The van der Waals surface area contributed by atoms with E-state index in [0.29, 0.717) is 24.7 Å². The summed E-state index contributed by atoms with van der Waals surface area (Å²) in [6, 6.07) is 12.2. The number of aryl methyl sites for hydroxylation is 1. The van der Waals surface area contributed by atoms with E-state index in [0.717, 1.165) is 104 Å². The van der Waals surface area contributed by atoms with Gasteiger partial charge >= 0.3 is 23.3 Å². The molecule has 314 valence electrons. The molecule has 12 nitrogen and oxygen atoms in total. The quantitative estimate of drug-likeness (QED) is 0.163. The van der Waals surface area contributed by atoms with E-state index < -0.39 is 11.2 Å². The van der Waals surface area contributed by atoms with Crippen LogP contribution in [-0.2, 0) is 26.1 Å². The predicted molar refractivity (Wildman–Crippen MR) is 239 cm³/mol. The molecule has 4 heterocycles. The lowest BCUT2D eigenvalue weighted by molar-refractivity contribution is -0.157. The molecule has 4 aromatic heterocycles. The molecular formula is C45H54Br2N6O6. The van der Waals surface area contributed by atoms with Crippen molar-refractivity contribution in [2.75, 3.05) is 0 Å². The Labute approximate surface area is 360 Å². The summed E-state index contributed by atoms with van der Waals surface area (Å²) in [7, 11) is 1.81. The van der Waals surface area contributed by atoms with Crippen molar-refractivity contribution in [2.24, 2.45) is 18.9 Å². The SMILES string of the molecule is CC(C)(C)OC(=O)CC1CCC(n2c(=O)[nH]c3cnc4ccc(Br)cc4c32)CC1.Cn1c(=O)n(C2CCC(CC(=O)OC(C)(C)C)CC2)c2c3cc(Br)ccc3ncc21. The van der Waals surface area contributed by atoms with E-state index in [2.05, 4.69) is 46.8 Å². The van der Waals surface area contributed by atoms with Crippen LogP contribution >= 0.6 is 31.9 Å². The number of rotatable bonds is 6. The second kappa shape index (κ2) is 17.0. The van der Waals surface area contributed by atoms with Crippen LogP contribution in [0.2, 0.25) is 0 Å². The van der Waals surface area contributed by atoms with Crippen LogP contribution in [-0.4, -0.2) is 51.8 Å². The number of halogens is 2. The molecule has 0 bridgehead atoms. The van der Waals surface area contributed by atoms with Gasteiger partial charge in [-0.25, -0.2) is 9.59 Å². The number of pyridine rings is 2. The van der Waals surface area contributed by atoms with Gasteiger partial charge in [0.1, 0.15) is 11.2 Å². The number of benzene rings is 2. The van der Waals surface area contributed by atoms with E-state index in [1.54, 1.807) is 24.0 Å². The standard InChI is InChI=1S/C23H28BrN3O3.C22H26BrN3O3/c1-23(2,3)30-20(28)11-14-5-8-16(9-6-14)27-21-17-12-15(24)7-10-18(17)25-13-19(21)26(4)22(27)29;1-22(2,3)29-19(27)10-13-4-7-15(8-5-13)26-20-16-11-14(23)6-9-17(16)24-12-18(20)25-21(26)28/h7,10,12-14,16H,5-6,8-9,11H2,1-4H3;6,9,11-13,15H,4-5,7-8,10H2,1-3H3,(H,25,28). The number of aromatic nitrogens is 6. The normalized spacial score (nSPS) is 20.2. The van der Waals surface area contributed by atoms with E-state index in [1.165, 1.54) is 0 Å². The molecule has 2 aromatic carbocycles. The molecule has 8 rings (SSSR count). The maximum atomic E-state index is 13.1. The number of hydrogen-bond donors (Lipinski definition) is 1. The molecule has 0 unspecified atom stereocenters. The van der Waals surface area contributed by atoms with E-state index in [-0.39, 0.29) is 35.4 Å². The van der Waals surface area contributed by atoms with Gasteiger partial charge in [-0.05, 0) is 141 Å². The smallest absolute Gasteiger partial charge is 0.329 e. The van der Waals surface area contributed by atoms with Crippen LogP contribution in [0.1, 0.15) is 118 Å². The van der Waals surface area contributed by atoms with E-state index >= 15 is 0 Å². The first-order chi connectivity index (χ1) is 27.8. The topological polar surface area (TPSA) is 143 Å². The molecular weight excluding hydrogens is 880 g/mol. The number of carbonyl (C=O) groups excluding carboxylic acids is 2. The first-order valence-electron chi connectivity index (χ1n) is 20.6. The first kappa shape index (κ1) is 42.8. The summed E-state index contributed by atoms with van der Waals surface area (Å²) in [5, 5.41) is 1.95. The number of nitrogens with zero attached hydrogens (tertiary/aromatic N) is 5. The number of esters is 2. The number of ether oxygens (including phenoxy) is 2. The highest BCUT2D eigenvalue weighted by Gasteiger charge is 2.31. The van der Waals surface area contributed by atoms with Crippen molar-refractivity contribution >= 4 is 87.7 Å². The van der Waals surface area contributed by atoms with Gasteiger partial charge < -0.3 is 14.5 Å². The Balaban J connectivity index is 0.000000179. The van der Waals surface area contributed by atoms with Gasteiger partial charge in [-0.2, -0.15) is 0 Å². The molecule has 1 N–H and O–H groups in total. The average molecular weight is 935 g/mol. The third-order valence-electron chi connectivity index (χ3n) is 11.5. The lowest BCUT2D eigenvalue weighted by Crippen LogP contribution is -2.30. The molecule has 6 aromatic rings. The van der Waals surface area contributed by atoms with Crippen LogP contribution in [0.4, 0.5) is 0 Å². The predicted octanol–water partition coefficient (Wildman–Crippen LogP) is 10.2. The number of fused-ring (bicyclic) bond motifs is 6. The maximum absolute atomic E-state index is 13.1. The molecule has 2 aliphatic carbocycles. The maximum Gasteiger partial charge on any atom is 0.329 e. The second-order valence-electron chi connectivity index (χ2n) is 18.3. The molecule has 2 saturated carbocycles. The summed E-state index contributed by atoms with van der Waals surface area (Å²) < 4.78 is 18.4. The van der Waals surface area contributed by atoms with E-state index in [1.807, 2.05) is 87.1 Å². The van der Waals surface area contributed by atoms with Crippen LogP contribution in [0.15, 0.2) is 67.3 Å². The molecule has 0 aliphatic heterocycles. The van der Waals surface area contributed by atoms with Crippen LogP contribution in [0.3, 0.4) is 0 Å². The second-order valence-corrected chi connectivity index (χ2v) is 20.1. The fraction of sp³-hybridized carbons (Fsp3) is 0.511. The van der Waals surface area contributed by atoms with Crippen molar-refractivity contribution in [1.82, 2.24) is 28.7 Å². The van der Waals surface area contributed by atoms with Crippen molar-refractivity contribution < 1.29 is 19.1 Å². The van der Waals surface area contributed by atoms with Crippen LogP contribution in [0.5, 0.6) is 0 Å². The Bertz CT molecular complexity index is 2650. The fourth-order valence-electron chi connectivity index (χ4n) is 8.92. The average Bonchev–Trinajstić information content (AvgIpc) is 3.63. The molecule has 2 aliphatic rings. The lowest BCUT2D eigenvalue weighted by Gasteiger charge is -2.30. The van der Waals surface area contributed by atoms with E-state index in [4.69, 9.17) is 9.47 Å². The molecule has 0 saturated heterocycles. The highest BCUT2D eigenvalue weighted by Crippen LogP contribution is 2.38. The number of nitrogens with one attached hydrogen (secondary N) is 1. The van der Waals surface area contributed by atoms with Gasteiger partial charge in [-0.3, -0.25) is 33.3 Å². The van der Waals surface area contributed by atoms with E-state index in [9.17, 15) is 19.2 Å². The molecule has 59 heavy (non-hydrogen) atoms. The minimum Gasteiger partial charge on any atom is -0.460 e. The monoisotopic (exact) mass is 932 g/mol. The van der Waals surface area contributed by atoms with Gasteiger partial charge in [0.15, 0.2) is 0 Å². The number of hydrogen-bond acceptors (Lipinski definition) is 8. The summed E-state index contributed by atoms with van der Waals surface area (Å²) >= 11 is 7.08. The minimum atomic E-state index is -0.450. The number of aromatic amines is 1. The van der Waals surface area contributed by atoms with Crippen LogP contribution < -0.4 is 11.4 Å². The molecule has 0 amide bonds. The van der Waals surface area contributed by atoms with Gasteiger partial charge in [-0.1, -0.05) is 31.9 Å². The Morgan fingerprint density at radius 1 is 0.695 bits per heavy atom. The third-order valence-corrected chi connectivity index (χ3v) is 12.5. The van der Waals surface area contributed by atoms with Crippen LogP contribution in [0.25, 0.3) is 43.9 Å². The molecule has 0 radical (unpaired) electrons. The molecule has 14 heteroatoms. The Hall–Kier alpha value is -4.30. The van der Waals surface area contributed by atoms with Crippen molar-refractivity contribution in [3.8, 4) is 0 Å². The largest absolute Gasteiger partial charge is 0.460 e. The Kier molecular flexibility index (Phi) is 12.3. The van der Waals surface area contributed by atoms with Gasteiger partial charge in [0.25, 0.3) is 0 Å². The zero-order valence-corrected chi connectivity index (χ0v) is 38.1. The number of imidazole rings is 2. The highest BCUT2D eigenvalue weighted by atomic mass is 79.9. The Morgan fingerprint density at radius 2 is 1.15 bits per heavy atom. The molecule has 0 spiro atoms. The van der Waals surface area contributed by atoms with Crippen molar-refractivity contribution in [3.63, 3.8) is 0 Å². The third kappa shape index (κ3) is 9.69. The molecule has 0 atom stereocenters. The van der Waals surface area contributed by atoms with Crippen LogP contribution in [0, 0.1) is 11.8 Å². The minimum absolute atomic E-state index is 0.00475. The van der Waals surface area contributed by atoms with Crippen molar-refractivity contribution in [3.05, 3.63) is 78.7 Å². The summed E-state index contributed by atoms with van der Waals surface area (Å²) in [6.07, 6.45) is 11.6. The van der Waals surface area contributed by atoms with Crippen molar-refractivity contribution in [2.45, 2.75) is 129 Å². The van der Waals surface area contributed by atoms with Gasteiger partial charge in [0, 0.05) is 51.7 Å². The summed E-state index contributed by atoms with van der Waals surface area (Å²) in [6.45, 7) is 11.4. The summed E-state index contributed by atoms with van der Waals surface area (Å²) in [4.78, 5) is 62.2. The van der Waals surface area contributed by atoms with Gasteiger partial charge in [0.05, 0.1) is 45.5 Å². The van der Waals surface area contributed by atoms with Gasteiger partial charge in [0.2, 0.25) is 0 Å². The fourth-order valence-corrected chi connectivity index (χ4v) is 9.64. The first-order valence-corrected chi connectivity index (χ1v) is 22.2. The summed E-state index contributed by atoms with van der Waals surface area (Å²) in [5.74, 6) is 0.367. The highest BCUT2D eigenvalue weighted by molar-refractivity contribution is 9.10.